The smallest absolute Gasteiger partial charge is 0.0346 e. The van der Waals surface area contributed by atoms with Crippen LogP contribution < -0.4 is 10.6 Å². The minimum Gasteiger partial charge on any atom is -0.385 e. The Bertz CT molecular complexity index is 962. The molecule has 0 aliphatic heterocycles. The number of nitrogens with one attached hydrogen (secondary N) is 2. The van der Waals surface area contributed by atoms with Crippen LogP contribution in [0.5, 0.6) is 0 Å². The van der Waals surface area contributed by atoms with Gasteiger partial charge in [-0.25, -0.2) is 0 Å². The first-order valence-electron chi connectivity index (χ1n) is 18.5. The maximum absolute atomic E-state index is 4.25. The molecule has 0 amide bonds. The third-order valence-electron chi connectivity index (χ3n) is 8.12. The molecule has 250 valence electrons. The third-order valence-corrected chi connectivity index (χ3v) is 8.12. The lowest BCUT2D eigenvalue weighted by molar-refractivity contribution is 0.533. The molecule has 0 saturated heterocycles. The van der Waals surface area contributed by atoms with E-state index in [2.05, 4.69) is 87.1 Å². The van der Waals surface area contributed by atoms with Crippen LogP contribution in [0.1, 0.15) is 169 Å². The number of hydrogen-bond donors (Lipinski definition) is 2. The molecule has 2 rings (SSSR count). The number of unbranched alkanes of at least 4 members (excludes halogenated alkanes) is 13. The van der Waals surface area contributed by atoms with E-state index in [0.29, 0.717) is 0 Å². The summed E-state index contributed by atoms with van der Waals surface area (Å²) in [6.45, 7) is 24.9. The summed E-state index contributed by atoms with van der Waals surface area (Å²) in [5, 5.41) is 7.15. The van der Waals surface area contributed by atoms with Crippen LogP contribution in [-0.4, -0.2) is 13.1 Å². The highest BCUT2D eigenvalue weighted by molar-refractivity contribution is 5.74. The minimum atomic E-state index is 1.06. The molecule has 44 heavy (non-hydrogen) atoms. The van der Waals surface area contributed by atoms with Crippen molar-refractivity contribution in [3.63, 3.8) is 0 Å². The fraction of sp³-hybridized carbons (Fsp3) is 0.619. The van der Waals surface area contributed by atoms with Crippen LogP contribution >= 0.6 is 0 Å². The molecule has 0 atom stereocenters. The average Bonchev–Trinajstić information content (AvgIpc) is 3.06. The van der Waals surface area contributed by atoms with Gasteiger partial charge in [-0.3, -0.25) is 0 Å². The quantitative estimate of drug-likeness (QED) is 0.121. The van der Waals surface area contributed by atoms with Gasteiger partial charge in [0.25, 0.3) is 0 Å². The van der Waals surface area contributed by atoms with Gasteiger partial charge in [0.05, 0.1) is 0 Å². The predicted molar refractivity (Wildman–Crippen MR) is 205 cm³/mol. The molecule has 0 radical (unpaired) electrons. The van der Waals surface area contributed by atoms with E-state index in [0.717, 1.165) is 30.8 Å². The van der Waals surface area contributed by atoms with Crippen molar-refractivity contribution in [1.82, 2.24) is 5.32 Å². The molecule has 0 spiro atoms. The van der Waals surface area contributed by atoms with E-state index in [4.69, 9.17) is 0 Å². The Hall–Kier alpha value is -2.48. The van der Waals surface area contributed by atoms with E-state index in [-0.39, 0.29) is 0 Å². The van der Waals surface area contributed by atoms with Gasteiger partial charge in [0.15, 0.2) is 0 Å². The van der Waals surface area contributed by atoms with Crippen LogP contribution in [0, 0.1) is 0 Å². The zero-order valence-electron chi connectivity index (χ0n) is 30.4. The minimum absolute atomic E-state index is 1.06. The van der Waals surface area contributed by atoms with Crippen molar-refractivity contribution in [2.24, 2.45) is 0 Å². The normalized spacial score (nSPS) is 12.3. The molecule has 1 aromatic rings. The molecule has 0 fully saturated rings. The average molecular weight is 605 g/mol. The Morgan fingerprint density at radius 3 is 1.80 bits per heavy atom. The van der Waals surface area contributed by atoms with Crippen LogP contribution in [0.3, 0.4) is 0 Å². The Balaban J connectivity index is 0.00000443. The summed E-state index contributed by atoms with van der Waals surface area (Å²) in [6.07, 6.45) is 31.7. The van der Waals surface area contributed by atoms with E-state index in [1.165, 1.54) is 125 Å². The molecule has 0 heterocycles. The Morgan fingerprint density at radius 1 is 0.773 bits per heavy atom. The van der Waals surface area contributed by atoms with Crippen LogP contribution in [0.4, 0.5) is 5.69 Å². The summed E-state index contributed by atoms with van der Waals surface area (Å²) < 4.78 is 0. The molecule has 0 bridgehead atoms. The van der Waals surface area contributed by atoms with Gasteiger partial charge in [-0.1, -0.05) is 166 Å². The largest absolute Gasteiger partial charge is 0.385 e. The summed E-state index contributed by atoms with van der Waals surface area (Å²) in [5.74, 6) is 0. The molecule has 2 heteroatoms. The fourth-order valence-corrected chi connectivity index (χ4v) is 5.58. The molecule has 1 aliphatic carbocycles. The van der Waals surface area contributed by atoms with Crippen molar-refractivity contribution in [2.45, 2.75) is 158 Å². The molecular weight excluding hydrogens is 532 g/mol. The first kappa shape index (κ1) is 41.5. The second-order valence-electron chi connectivity index (χ2n) is 11.7. The molecule has 1 aliphatic rings. The molecule has 0 saturated carbocycles. The van der Waals surface area contributed by atoms with Crippen LogP contribution in [0.2, 0.25) is 0 Å². The number of rotatable bonds is 23. The maximum Gasteiger partial charge on any atom is 0.0346 e. The van der Waals surface area contributed by atoms with Crippen molar-refractivity contribution >= 4 is 17.3 Å². The van der Waals surface area contributed by atoms with Crippen molar-refractivity contribution in [1.29, 1.82) is 0 Å². The van der Waals surface area contributed by atoms with E-state index in [9.17, 15) is 0 Å². The zero-order chi connectivity index (χ0) is 32.8. The van der Waals surface area contributed by atoms with Crippen LogP contribution in [-0.2, 0) is 0 Å². The molecule has 2 N–H and O–H groups in total. The van der Waals surface area contributed by atoms with Crippen molar-refractivity contribution in [2.75, 3.05) is 18.4 Å². The van der Waals surface area contributed by atoms with Gasteiger partial charge < -0.3 is 10.6 Å². The summed E-state index contributed by atoms with van der Waals surface area (Å²) in [4.78, 5) is 0. The van der Waals surface area contributed by atoms with E-state index in [1.807, 2.05) is 27.7 Å². The predicted octanol–water partition coefficient (Wildman–Crippen LogP) is 13.8. The number of benzene rings is 1. The lowest BCUT2D eigenvalue weighted by Gasteiger charge is -2.16. The molecule has 0 unspecified atom stereocenters. The van der Waals surface area contributed by atoms with E-state index < -0.39 is 0 Å². The summed E-state index contributed by atoms with van der Waals surface area (Å²) >= 11 is 0. The molecule has 2 nitrogen and oxygen atoms in total. The van der Waals surface area contributed by atoms with Gasteiger partial charge in [-0.2, -0.15) is 0 Å². The van der Waals surface area contributed by atoms with Crippen LogP contribution in [0.15, 0.2) is 66.4 Å². The second kappa shape index (κ2) is 29.2. The zero-order valence-corrected chi connectivity index (χ0v) is 30.4. The lowest BCUT2D eigenvalue weighted by atomic mass is 9.96. The summed E-state index contributed by atoms with van der Waals surface area (Å²) in [7, 11) is 0. The van der Waals surface area contributed by atoms with Gasteiger partial charge in [-0.15, -0.1) is 0 Å². The van der Waals surface area contributed by atoms with Gasteiger partial charge in [0.2, 0.25) is 0 Å². The Kier molecular flexibility index (Phi) is 27.6. The highest BCUT2D eigenvalue weighted by Crippen LogP contribution is 2.24. The van der Waals surface area contributed by atoms with Crippen molar-refractivity contribution < 1.29 is 0 Å². The monoisotopic (exact) mass is 605 g/mol. The standard InChI is InChI=1S/C38H60N2.2C2H6/c1-6-23-36-31-37(26-27-38(36)32(3)4)40-29-21-19-17-15-13-11-9-8-10-12-14-16-18-20-28-39-33(5)35-25-22-24-34(7-2)30-35;2*1-2/h6,23,25-27,30-31,39-40H,3,5,7-22,24,28-29H2,1-2,4H3;2*1-2H3/b23-6+;;. The van der Waals surface area contributed by atoms with E-state index in [1.54, 1.807) is 5.57 Å². The third kappa shape index (κ3) is 19.7. The number of allylic oxidation sites excluding steroid dienone is 5. The number of anilines is 1. The van der Waals surface area contributed by atoms with Gasteiger partial charge in [-0.05, 0) is 74.8 Å². The highest BCUT2D eigenvalue weighted by Gasteiger charge is 2.07. The second-order valence-corrected chi connectivity index (χ2v) is 11.7. The fourth-order valence-electron chi connectivity index (χ4n) is 5.58. The van der Waals surface area contributed by atoms with Crippen LogP contribution in [0.25, 0.3) is 11.6 Å². The van der Waals surface area contributed by atoms with Crippen molar-refractivity contribution in [3.05, 3.63) is 77.6 Å². The topological polar surface area (TPSA) is 24.1 Å². The van der Waals surface area contributed by atoms with Crippen molar-refractivity contribution in [3.8, 4) is 0 Å². The van der Waals surface area contributed by atoms with E-state index >= 15 is 0 Å². The SMILES string of the molecule is C=C(NCCCCCCCCCCCCCCCCNc1ccc(C(=C)C)c(/C=C/C)c1)C1=CCCC(CC)=C1.CC.CC. The van der Waals surface area contributed by atoms with Gasteiger partial charge in [0.1, 0.15) is 0 Å². The van der Waals surface area contributed by atoms with Gasteiger partial charge in [0, 0.05) is 24.5 Å². The molecule has 0 aromatic heterocycles. The molecule has 1 aromatic carbocycles. The van der Waals surface area contributed by atoms with Gasteiger partial charge >= 0.3 is 0 Å². The number of hydrogen-bond acceptors (Lipinski definition) is 2. The maximum atomic E-state index is 4.25. The highest BCUT2D eigenvalue weighted by atomic mass is 14.9. The first-order valence-corrected chi connectivity index (χ1v) is 18.5. The Labute approximate surface area is 275 Å². The summed E-state index contributed by atoms with van der Waals surface area (Å²) in [6, 6.07) is 6.62. The lowest BCUT2D eigenvalue weighted by Crippen LogP contribution is -2.15. The first-order chi connectivity index (χ1) is 21.5. The molecular formula is C42H72N2. The summed E-state index contributed by atoms with van der Waals surface area (Å²) in [5.41, 5.74) is 8.81. The Morgan fingerprint density at radius 2 is 1.30 bits per heavy atom.